The van der Waals surface area contributed by atoms with E-state index >= 15 is 0 Å². The largest absolute Gasteiger partial charge is 0.312 e. The van der Waals surface area contributed by atoms with Gasteiger partial charge in [0.1, 0.15) is 11.6 Å². The highest BCUT2D eigenvalue weighted by molar-refractivity contribution is 6.19. The van der Waals surface area contributed by atoms with E-state index in [0.29, 0.717) is 24.2 Å². The number of carbonyl (C=O) groups excluding carboxylic acids is 1. The second kappa shape index (κ2) is 4.37. The number of alkyl halides is 1. The average Bonchev–Trinajstić information content (AvgIpc) is 2.61. The van der Waals surface area contributed by atoms with Crippen molar-refractivity contribution in [2.24, 2.45) is 0 Å². The van der Waals surface area contributed by atoms with Gasteiger partial charge in [-0.3, -0.25) is 4.79 Å². The predicted octanol–water partition coefficient (Wildman–Crippen LogP) is 2.48. The molecule has 0 radical (unpaired) electrons. The summed E-state index contributed by atoms with van der Waals surface area (Å²) >= 11 is 5.47. The summed E-state index contributed by atoms with van der Waals surface area (Å²) in [6.45, 7) is 0.394. The molecule has 1 amide bonds. The molecule has 2 rings (SSSR count). The fraction of sp³-hybridized carbons (Fsp3) is 0.364. The number of fused-ring (bicyclic) bond motifs is 1. The SMILES string of the molecule is O=C(CCCl)N1CCc2c(F)cc(F)cc21. The monoisotopic (exact) mass is 245 g/mol. The number of amides is 1. The van der Waals surface area contributed by atoms with E-state index in [4.69, 9.17) is 11.6 Å². The lowest BCUT2D eigenvalue weighted by Gasteiger charge is -2.16. The molecule has 5 heteroatoms. The Morgan fingerprint density at radius 1 is 1.44 bits per heavy atom. The predicted molar refractivity (Wildman–Crippen MR) is 57.8 cm³/mol. The highest BCUT2D eigenvalue weighted by Crippen LogP contribution is 2.31. The van der Waals surface area contributed by atoms with Crippen molar-refractivity contribution >= 4 is 23.2 Å². The van der Waals surface area contributed by atoms with E-state index in [0.717, 1.165) is 6.07 Å². The lowest BCUT2D eigenvalue weighted by Crippen LogP contribution is -2.28. The van der Waals surface area contributed by atoms with Crippen LogP contribution >= 0.6 is 11.6 Å². The molecule has 0 saturated heterocycles. The van der Waals surface area contributed by atoms with Crippen LogP contribution in [0.3, 0.4) is 0 Å². The van der Waals surface area contributed by atoms with Crippen molar-refractivity contribution < 1.29 is 13.6 Å². The van der Waals surface area contributed by atoms with Gasteiger partial charge in [0.05, 0.1) is 5.69 Å². The number of rotatable bonds is 2. The molecule has 2 nitrogen and oxygen atoms in total. The first kappa shape index (κ1) is 11.3. The van der Waals surface area contributed by atoms with Crippen molar-refractivity contribution in [1.82, 2.24) is 0 Å². The molecule has 86 valence electrons. The zero-order valence-electron chi connectivity index (χ0n) is 8.47. The quantitative estimate of drug-likeness (QED) is 0.733. The third-order valence-electron chi connectivity index (χ3n) is 2.62. The van der Waals surface area contributed by atoms with Crippen molar-refractivity contribution in [1.29, 1.82) is 0 Å². The summed E-state index contributed by atoms with van der Waals surface area (Å²) in [6, 6.07) is 2.03. The Morgan fingerprint density at radius 2 is 2.19 bits per heavy atom. The van der Waals surface area contributed by atoms with E-state index in [1.807, 2.05) is 0 Å². The van der Waals surface area contributed by atoms with Crippen molar-refractivity contribution in [3.8, 4) is 0 Å². The van der Waals surface area contributed by atoms with Crippen LogP contribution in [0.1, 0.15) is 12.0 Å². The van der Waals surface area contributed by atoms with E-state index in [-0.39, 0.29) is 18.2 Å². The maximum absolute atomic E-state index is 13.4. The van der Waals surface area contributed by atoms with Crippen LogP contribution in [0.2, 0.25) is 0 Å². The van der Waals surface area contributed by atoms with Gasteiger partial charge >= 0.3 is 0 Å². The van der Waals surface area contributed by atoms with Crippen LogP contribution in [0.25, 0.3) is 0 Å². The maximum atomic E-state index is 13.4. The molecule has 0 spiro atoms. The van der Waals surface area contributed by atoms with Gasteiger partial charge in [0.15, 0.2) is 0 Å². The lowest BCUT2D eigenvalue weighted by molar-refractivity contribution is -0.118. The minimum Gasteiger partial charge on any atom is -0.312 e. The van der Waals surface area contributed by atoms with Crippen molar-refractivity contribution in [2.45, 2.75) is 12.8 Å². The zero-order valence-corrected chi connectivity index (χ0v) is 9.23. The van der Waals surface area contributed by atoms with E-state index in [2.05, 4.69) is 0 Å². The van der Waals surface area contributed by atoms with Gasteiger partial charge in [-0.15, -0.1) is 11.6 Å². The molecule has 1 heterocycles. The minimum atomic E-state index is -0.665. The Bertz CT molecular complexity index is 436. The summed E-state index contributed by atoms with van der Waals surface area (Å²) in [4.78, 5) is 13.0. The van der Waals surface area contributed by atoms with Crippen LogP contribution in [0.15, 0.2) is 12.1 Å². The van der Waals surface area contributed by atoms with Crippen LogP contribution in [-0.2, 0) is 11.2 Å². The second-order valence-corrected chi connectivity index (χ2v) is 4.00. The molecule has 0 aliphatic carbocycles. The minimum absolute atomic E-state index is 0.180. The van der Waals surface area contributed by atoms with Gasteiger partial charge in [-0.25, -0.2) is 8.78 Å². The molecular formula is C11H10ClF2NO. The second-order valence-electron chi connectivity index (χ2n) is 3.62. The molecule has 0 atom stereocenters. The Morgan fingerprint density at radius 3 is 2.88 bits per heavy atom. The molecular weight excluding hydrogens is 236 g/mol. The lowest BCUT2D eigenvalue weighted by atomic mass is 10.1. The van der Waals surface area contributed by atoms with Crippen molar-refractivity contribution in [3.63, 3.8) is 0 Å². The Balaban J connectivity index is 2.35. The van der Waals surface area contributed by atoms with Crippen LogP contribution in [0, 0.1) is 11.6 Å². The molecule has 0 aromatic heterocycles. The highest BCUT2D eigenvalue weighted by Gasteiger charge is 2.27. The Hall–Kier alpha value is -1.16. The number of carbonyl (C=O) groups is 1. The van der Waals surface area contributed by atoms with E-state index in [1.54, 1.807) is 0 Å². The maximum Gasteiger partial charge on any atom is 0.228 e. The Labute approximate surface area is 96.8 Å². The Kier molecular flexibility index (Phi) is 3.10. The van der Waals surface area contributed by atoms with Gasteiger partial charge in [0.25, 0.3) is 0 Å². The first-order valence-corrected chi connectivity index (χ1v) is 5.51. The van der Waals surface area contributed by atoms with Gasteiger partial charge in [-0.2, -0.15) is 0 Å². The first-order chi connectivity index (χ1) is 7.63. The molecule has 1 aliphatic rings. The van der Waals surface area contributed by atoms with Crippen LogP contribution < -0.4 is 4.90 Å². The standard InChI is InChI=1S/C11H10ClF2NO/c12-3-1-11(16)15-4-2-8-9(14)5-7(13)6-10(8)15/h5-6H,1-4H2. The summed E-state index contributed by atoms with van der Waals surface area (Å²) < 4.78 is 26.4. The van der Waals surface area contributed by atoms with E-state index in [1.165, 1.54) is 11.0 Å². The van der Waals surface area contributed by atoms with Crippen molar-refractivity contribution in [2.75, 3.05) is 17.3 Å². The smallest absolute Gasteiger partial charge is 0.228 e. The summed E-state index contributed by atoms with van der Waals surface area (Å²) in [5.74, 6) is -1.24. The molecule has 0 bridgehead atoms. The van der Waals surface area contributed by atoms with Crippen LogP contribution in [-0.4, -0.2) is 18.3 Å². The number of hydrogen-bond donors (Lipinski definition) is 0. The third-order valence-corrected chi connectivity index (χ3v) is 2.81. The number of hydrogen-bond acceptors (Lipinski definition) is 1. The topological polar surface area (TPSA) is 20.3 Å². The summed E-state index contributed by atoms with van der Waals surface area (Å²) in [7, 11) is 0. The summed E-state index contributed by atoms with van der Waals surface area (Å²) in [6.07, 6.45) is 0.606. The molecule has 16 heavy (non-hydrogen) atoms. The van der Waals surface area contributed by atoms with Gasteiger partial charge in [-0.05, 0) is 12.5 Å². The van der Waals surface area contributed by atoms with Gasteiger partial charge in [0.2, 0.25) is 5.91 Å². The molecule has 0 fully saturated rings. The average molecular weight is 246 g/mol. The summed E-state index contributed by atoms with van der Waals surface area (Å²) in [5, 5.41) is 0. The first-order valence-electron chi connectivity index (χ1n) is 4.97. The van der Waals surface area contributed by atoms with Gasteiger partial charge < -0.3 is 4.90 Å². The van der Waals surface area contributed by atoms with Gasteiger partial charge in [0, 0.05) is 30.5 Å². The number of benzene rings is 1. The fourth-order valence-corrected chi connectivity index (χ4v) is 2.06. The van der Waals surface area contributed by atoms with Crippen LogP contribution in [0.4, 0.5) is 14.5 Å². The fourth-order valence-electron chi connectivity index (χ4n) is 1.90. The molecule has 1 aromatic rings. The molecule has 0 unspecified atom stereocenters. The van der Waals surface area contributed by atoms with E-state index < -0.39 is 11.6 Å². The van der Waals surface area contributed by atoms with Gasteiger partial charge in [-0.1, -0.05) is 0 Å². The molecule has 1 aliphatic heterocycles. The third kappa shape index (κ3) is 1.89. The summed E-state index contributed by atoms with van der Waals surface area (Å²) in [5.41, 5.74) is 0.747. The molecule has 0 saturated carbocycles. The number of halogens is 3. The highest BCUT2D eigenvalue weighted by atomic mass is 35.5. The normalized spacial score (nSPS) is 14.1. The molecule has 1 aromatic carbocycles. The zero-order chi connectivity index (χ0) is 11.7. The molecule has 0 N–H and O–H groups in total. The van der Waals surface area contributed by atoms with Crippen molar-refractivity contribution in [3.05, 3.63) is 29.3 Å². The number of nitrogens with zero attached hydrogens (tertiary/aromatic N) is 1. The number of anilines is 1. The van der Waals surface area contributed by atoms with E-state index in [9.17, 15) is 13.6 Å². The van der Waals surface area contributed by atoms with Crippen LogP contribution in [0.5, 0.6) is 0 Å².